The number of carbonyl (C=O) groups excluding carboxylic acids is 1. The lowest BCUT2D eigenvalue weighted by molar-refractivity contribution is 0.103. The van der Waals surface area contributed by atoms with Crippen molar-refractivity contribution in [1.82, 2.24) is 0 Å². The van der Waals surface area contributed by atoms with E-state index in [4.69, 9.17) is 0 Å². The zero-order valence-electron chi connectivity index (χ0n) is 11.3. The smallest absolute Gasteiger partial charge is 0.193 e. The van der Waals surface area contributed by atoms with Crippen LogP contribution >= 0.6 is 22.6 Å². The molecule has 0 bridgehead atoms. The predicted molar refractivity (Wildman–Crippen MR) is 94.5 cm³/mol. The first-order valence-corrected chi connectivity index (χ1v) is 7.78. The molecular formula is C19H13IO. The molecule has 0 N–H and O–H groups in total. The first-order valence-electron chi connectivity index (χ1n) is 6.70. The van der Waals surface area contributed by atoms with Gasteiger partial charge in [-0.2, -0.15) is 0 Å². The molecule has 0 saturated carbocycles. The van der Waals surface area contributed by atoms with Crippen LogP contribution in [0.25, 0.3) is 11.1 Å². The van der Waals surface area contributed by atoms with Gasteiger partial charge in [-0.15, -0.1) is 0 Å². The fourth-order valence-electron chi connectivity index (χ4n) is 2.26. The third kappa shape index (κ3) is 3.22. The van der Waals surface area contributed by atoms with Gasteiger partial charge in [-0.05, 0) is 51.9 Å². The minimum atomic E-state index is 0.0584. The van der Waals surface area contributed by atoms with Gasteiger partial charge in [-0.1, -0.05) is 60.7 Å². The van der Waals surface area contributed by atoms with Crippen LogP contribution in [0.15, 0.2) is 78.9 Å². The maximum Gasteiger partial charge on any atom is 0.193 e. The molecule has 0 heterocycles. The van der Waals surface area contributed by atoms with Crippen molar-refractivity contribution in [3.8, 4) is 11.1 Å². The highest BCUT2D eigenvalue weighted by Gasteiger charge is 2.09. The molecule has 3 aromatic rings. The summed E-state index contributed by atoms with van der Waals surface area (Å²) in [5.74, 6) is 0.0584. The summed E-state index contributed by atoms with van der Waals surface area (Å²) in [6, 6.07) is 25.5. The third-order valence-electron chi connectivity index (χ3n) is 3.32. The van der Waals surface area contributed by atoms with Gasteiger partial charge in [0.2, 0.25) is 0 Å². The molecule has 2 heteroatoms. The van der Waals surface area contributed by atoms with Crippen LogP contribution in [0, 0.1) is 3.57 Å². The van der Waals surface area contributed by atoms with E-state index in [9.17, 15) is 4.79 Å². The highest BCUT2D eigenvalue weighted by atomic mass is 127. The SMILES string of the molecule is O=C(c1ccccc1)c1cccc(-c2cccc(I)c2)c1. The quantitative estimate of drug-likeness (QED) is 0.449. The first kappa shape index (κ1) is 14.0. The zero-order chi connectivity index (χ0) is 14.7. The molecule has 1 nitrogen and oxygen atoms in total. The summed E-state index contributed by atoms with van der Waals surface area (Å²) < 4.78 is 1.19. The molecule has 3 rings (SSSR count). The molecule has 0 aliphatic heterocycles. The Bertz CT molecular complexity index is 778. The number of benzene rings is 3. The van der Waals surface area contributed by atoms with Gasteiger partial charge in [0.25, 0.3) is 0 Å². The average molecular weight is 384 g/mol. The van der Waals surface area contributed by atoms with Gasteiger partial charge in [0.1, 0.15) is 0 Å². The fraction of sp³-hybridized carbons (Fsp3) is 0. The molecule has 0 aromatic heterocycles. The van der Waals surface area contributed by atoms with Crippen LogP contribution in [0.5, 0.6) is 0 Å². The van der Waals surface area contributed by atoms with Crippen LogP contribution < -0.4 is 0 Å². The Hall–Kier alpha value is -1.94. The van der Waals surface area contributed by atoms with E-state index in [0.717, 1.165) is 22.3 Å². The van der Waals surface area contributed by atoms with Crippen molar-refractivity contribution in [2.45, 2.75) is 0 Å². The van der Waals surface area contributed by atoms with Crippen LogP contribution in [0.1, 0.15) is 15.9 Å². The Kier molecular flexibility index (Phi) is 4.15. The molecule has 0 fully saturated rings. The normalized spacial score (nSPS) is 10.3. The van der Waals surface area contributed by atoms with Gasteiger partial charge < -0.3 is 0 Å². The molecule has 0 saturated heterocycles. The Labute approximate surface area is 137 Å². The van der Waals surface area contributed by atoms with Gasteiger partial charge in [-0.25, -0.2) is 0 Å². The molecule has 0 spiro atoms. The van der Waals surface area contributed by atoms with Crippen molar-refractivity contribution in [2.75, 3.05) is 0 Å². The highest BCUT2D eigenvalue weighted by molar-refractivity contribution is 14.1. The minimum Gasteiger partial charge on any atom is -0.289 e. The van der Waals surface area contributed by atoms with Gasteiger partial charge in [0.05, 0.1) is 0 Å². The van der Waals surface area contributed by atoms with Gasteiger partial charge in [0.15, 0.2) is 5.78 Å². The van der Waals surface area contributed by atoms with Crippen LogP contribution in [0.2, 0.25) is 0 Å². The number of ketones is 1. The molecule has 21 heavy (non-hydrogen) atoms. The van der Waals surface area contributed by atoms with E-state index >= 15 is 0 Å². The second-order valence-corrected chi connectivity index (χ2v) is 6.03. The molecule has 3 aromatic carbocycles. The largest absolute Gasteiger partial charge is 0.289 e. The van der Waals surface area contributed by atoms with E-state index in [1.165, 1.54) is 3.57 Å². The fourth-order valence-corrected chi connectivity index (χ4v) is 2.81. The third-order valence-corrected chi connectivity index (χ3v) is 3.99. The molecule has 0 radical (unpaired) electrons. The van der Waals surface area contributed by atoms with Crippen molar-refractivity contribution in [1.29, 1.82) is 0 Å². The lowest BCUT2D eigenvalue weighted by Crippen LogP contribution is -2.00. The summed E-state index contributed by atoms with van der Waals surface area (Å²) in [5.41, 5.74) is 3.63. The Morgan fingerprint density at radius 2 is 1.29 bits per heavy atom. The van der Waals surface area contributed by atoms with Crippen LogP contribution in [0.4, 0.5) is 0 Å². The summed E-state index contributed by atoms with van der Waals surface area (Å²) in [6.07, 6.45) is 0. The molecule has 0 aliphatic carbocycles. The summed E-state index contributed by atoms with van der Waals surface area (Å²) in [5, 5.41) is 0. The average Bonchev–Trinajstić information content (AvgIpc) is 2.55. The maximum atomic E-state index is 12.5. The van der Waals surface area contributed by atoms with Crippen molar-refractivity contribution in [3.05, 3.63) is 93.6 Å². The molecule has 0 unspecified atom stereocenters. The first-order chi connectivity index (χ1) is 10.2. The number of halogens is 1. The van der Waals surface area contributed by atoms with Crippen molar-refractivity contribution >= 4 is 28.4 Å². The Morgan fingerprint density at radius 1 is 0.667 bits per heavy atom. The van der Waals surface area contributed by atoms with E-state index in [1.807, 2.05) is 60.7 Å². The summed E-state index contributed by atoms with van der Waals surface area (Å²) >= 11 is 2.30. The van der Waals surface area contributed by atoms with Crippen LogP contribution in [-0.2, 0) is 0 Å². The van der Waals surface area contributed by atoms with E-state index in [2.05, 4.69) is 40.8 Å². The molecule has 0 atom stereocenters. The molecular weight excluding hydrogens is 371 g/mol. The molecule has 0 aliphatic rings. The number of rotatable bonds is 3. The number of carbonyl (C=O) groups is 1. The Balaban J connectivity index is 1.99. The van der Waals surface area contributed by atoms with E-state index in [1.54, 1.807) is 0 Å². The number of hydrogen-bond acceptors (Lipinski definition) is 1. The topological polar surface area (TPSA) is 17.1 Å². The van der Waals surface area contributed by atoms with Crippen molar-refractivity contribution in [2.24, 2.45) is 0 Å². The monoisotopic (exact) mass is 384 g/mol. The van der Waals surface area contributed by atoms with Gasteiger partial charge in [-0.3, -0.25) is 4.79 Å². The summed E-state index contributed by atoms with van der Waals surface area (Å²) in [4.78, 5) is 12.5. The van der Waals surface area contributed by atoms with Crippen LogP contribution in [-0.4, -0.2) is 5.78 Å². The summed E-state index contributed by atoms with van der Waals surface area (Å²) in [6.45, 7) is 0. The molecule has 102 valence electrons. The van der Waals surface area contributed by atoms with Gasteiger partial charge in [0, 0.05) is 14.7 Å². The lowest BCUT2D eigenvalue weighted by atomic mass is 9.98. The lowest BCUT2D eigenvalue weighted by Gasteiger charge is -2.06. The van der Waals surface area contributed by atoms with Crippen LogP contribution in [0.3, 0.4) is 0 Å². The van der Waals surface area contributed by atoms with Crippen molar-refractivity contribution < 1.29 is 4.79 Å². The maximum absolute atomic E-state index is 12.5. The van der Waals surface area contributed by atoms with Crippen molar-refractivity contribution in [3.63, 3.8) is 0 Å². The van der Waals surface area contributed by atoms with E-state index in [-0.39, 0.29) is 5.78 Å². The second-order valence-electron chi connectivity index (χ2n) is 4.79. The predicted octanol–water partition coefficient (Wildman–Crippen LogP) is 5.19. The van der Waals surface area contributed by atoms with E-state index < -0.39 is 0 Å². The molecule has 0 amide bonds. The minimum absolute atomic E-state index is 0.0584. The second kappa shape index (κ2) is 6.22. The van der Waals surface area contributed by atoms with Gasteiger partial charge >= 0.3 is 0 Å². The summed E-state index contributed by atoms with van der Waals surface area (Å²) in [7, 11) is 0. The standard InChI is InChI=1S/C19H13IO/c20-18-11-5-9-16(13-18)15-8-4-10-17(12-15)19(21)14-6-2-1-3-7-14/h1-13H. The van der Waals surface area contributed by atoms with E-state index in [0.29, 0.717) is 0 Å². The highest BCUT2D eigenvalue weighted by Crippen LogP contribution is 2.23. The zero-order valence-corrected chi connectivity index (χ0v) is 13.4. The number of hydrogen-bond donors (Lipinski definition) is 0. The Morgan fingerprint density at radius 3 is 2.00 bits per heavy atom.